The molecule has 1 atom stereocenters. The van der Waals surface area contributed by atoms with Crippen LogP contribution >= 0.6 is 11.3 Å². The second-order valence-electron chi connectivity index (χ2n) is 4.59. The minimum absolute atomic E-state index is 0.126. The van der Waals surface area contributed by atoms with Crippen molar-refractivity contribution in [1.82, 2.24) is 9.80 Å². The Kier molecular flexibility index (Phi) is 4.74. The first-order valence-corrected chi connectivity index (χ1v) is 7.15. The van der Waals surface area contributed by atoms with Crippen molar-refractivity contribution < 1.29 is 9.53 Å². The van der Waals surface area contributed by atoms with Gasteiger partial charge >= 0.3 is 5.97 Å². The zero-order chi connectivity index (χ0) is 13.0. The maximum absolute atomic E-state index is 11.5. The van der Waals surface area contributed by atoms with E-state index in [0.29, 0.717) is 0 Å². The average Bonchev–Trinajstić information content (AvgIpc) is 2.91. The van der Waals surface area contributed by atoms with Crippen molar-refractivity contribution in [3.63, 3.8) is 0 Å². The van der Waals surface area contributed by atoms with Gasteiger partial charge < -0.3 is 4.74 Å². The largest absolute Gasteiger partial charge is 0.468 e. The zero-order valence-electron chi connectivity index (χ0n) is 11.0. The van der Waals surface area contributed by atoms with Crippen LogP contribution in [-0.4, -0.2) is 55.1 Å². The summed E-state index contributed by atoms with van der Waals surface area (Å²) in [6, 6.07) is 4.14. The van der Waals surface area contributed by atoms with Gasteiger partial charge in [-0.2, -0.15) is 0 Å². The minimum Gasteiger partial charge on any atom is -0.468 e. The molecule has 1 saturated heterocycles. The van der Waals surface area contributed by atoms with Crippen LogP contribution in [0.3, 0.4) is 0 Å². The maximum Gasteiger partial charge on any atom is 0.322 e. The van der Waals surface area contributed by atoms with E-state index in [1.54, 1.807) is 11.3 Å². The van der Waals surface area contributed by atoms with Gasteiger partial charge in [0.15, 0.2) is 0 Å². The fourth-order valence-corrected chi connectivity index (χ4v) is 3.00. The standard InChI is InChI=1S/C13H20N2O2S/c1-11(13(16)17-2)15-7-5-14(6-8-15)10-12-4-3-9-18-12/h3-4,9,11H,5-8,10H2,1-2H3/t11-/m1/s1. The SMILES string of the molecule is COC(=O)[C@@H](C)N1CCN(Cc2cccs2)CC1. The van der Waals surface area contributed by atoms with Gasteiger partial charge in [-0.3, -0.25) is 14.6 Å². The number of ether oxygens (including phenoxy) is 1. The van der Waals surface area contributed by atoms with E-state index < -0.39 is 0 Å². The van der Waals surface area contributed by atoms with Crippen LogP contribution in [0, 0.1) is 0 Å². The van der Waals surface area contributed by atoms with Crippen molar-refractivity contribution in [2.45, 2.75) is 19.5 Å². The van der Waals surface area contributed by atoms with Gasteiger partial charge in [-0.25, -0.2) is 0 Å². The summed E-state index contributed by atoms with van der Waals surface area (Å²) in [7, 11) is 1.45. The van der Waals surface area contributed by atoms with Gasteiger partial charge in [0.25, 0.3) is 0 Å². The minimum atomic E-state index is -0.137. The van der Waals surface area contributed by atoms with Gasteiger partial charge in [-0.1, -0.05) is 6.07 Å². The molecule has 0 N–H and O–H groups in total. The van der Waals surface area contributed by atoms with Crippen LogP contribution in [0.15, 0.2) is 17.5 Å². The molecule has 18 heavy (non-hydrogen) atoms. The molecular formula is C13H20N2O2S. The summed E-state index contributed by atoms with van der Waals surface area (Å²) >= 11 is 1.80. The van der Waals surface area contributed by atoms with Crippen LogP contribution in [0.1, 0.15) is 11.8 Å². The van der Waals surface area contributed by atoms with E-state index in [4.69, 9.17) is 4.74 Å². The van der Waals surface area contributed by atoms with Gasteiger partial charge in [-0.15, -0.1) is 11.3 Å². The van der Waals surface area contributed by atoms with Crippen LogP contribution in [0.25, 0.3) is 0 Å². The van der Waals surface area contributed by atoms with Crippen molar-refractivity contribution >= 4 is 17.3 Å². The van der Waals surface area contributed by atoms with Gasteiger partial charge in [0.05, 0.1) is 7.11 Å². The second kappa shape index (κ2) is 6.31. The molecule has 1 fully saturated rings. The summed E-state index contributed by atoms with van der Waals surface area (Å²) in [5.41, 5.74) is 0. The lowest BCUT2D eigenvalue weighted by Crippen LogP contribution is -2.51. The number of nitrogens with zero attached hydrogens (tertiary/aromatic N) is 2. The molecule has 0 spiro atoms. The summed E-state index contributed by atoms with van der Waals surface area (Å²) in [5.74, 6) is -0.137. The van der Waals surface area contributed by atoms with E-state index in [1.807, 2.05) is 6.92 Å². The van der Waals surface area contributed by atoms with Crippen molar-refractivity contribution in [2.75, 3.05) is 33.3 Å². The summed E-state index contributed by atoms with van der Waals surface area (Å²) in [6.45, 7) is 6.83. The summed E-state index contributed by atoms with van der Waals surface area (Å²) < 4.78 is 4.78. The van der Waals surface area contributed by atoms with Crippen molar-refractivity contribution in [3.05, 3.63) is 22.4 Å². The number of rotatable bonds is 4. The van der Waals surface area contributed by atoms with Crippen molar-refractivity contribution in [2.24, 2.45) is 0 Å². The van der Waals surface area contributed by atoms with Gasteiger partial charge in [0.2, 0.25) is 0 Å². The molecule has 1 aliphatic heterocycles. The number of hydrogen-bond acceptors (Lipinski definition) is 5. The highest BCUT2D eigenvalue weighted by Gasteiger charge is 2.25. The third kappa shape index (κ3) is 3.31. The third-order valence-electron chi connectivity index (χ3n) is 3.46. The highest BCUT2D eigenvalue weighted by Crippen LogP contribution is 2.14. The van der Waals surface area contributed by atoms with E-state index in [1.165, 1.54) is 12.0 Å². The monoisotopic (exact) mass is 268 g/mol. The Bertz CT molecular complexity index is 372. The number of thiophene rings is 1. The topological polar surface area (TPSA) is 32.8 Å². The maximum atomic E-state index is 11.5. The third-order valence-corrected chi connectivity index (χ3v) is 4.32. The Morgan fingerprint density at radius 2 is 2.17 bits per heavy atom. The number of carbonyl (C=O) groups excluding carboxylic acids is 1. The Morgan fingerprint density at radius 1 is 1.44 bits per heavy atom. The van der Waals surface area contributed by atoms with Crippen LogP contribution in [0.4, 0.5) is 0 Å². The first-order valence-electron chi connectivity index (χ1n) is 6.27. The number of carbonyl (C=O) groups is 1. The molecule has 1 aromatic rings. The molecule has 0 saturated carbocycles. The first kappa shape index (κ1) is 13.5. The van der Waals surface area contributed by atoms with Crippen molar-refractivity contribution in [3.8, 4) is 0 Å². The van der Waals surface area contributed by atoms with Crippen molar-refractivity contribution in [1.29, 1.82) is 0 Å². The molecule has 100 valence electrons. The molecule has 1 aromatic heterocycles. The Labute approximate surface area is 112 Å². The molecule has 0 amide bonds. The molecule has 0 radical (unpaired) electrons. The molecule has 0 aromatic carbocycles. The van der Waals surface area contributed by atoms with E-state index >= 15 is 0 Å². The molecule has 0 aliphatic carbocycles. The molecule has 1 aliphatic rings. The summed E-state index contributed by atoms with van der Waals surface area (Å²) in [6.07, 6.45) is 0. The van der Waals surface area contributed by atoms with E-state index in [-0.39, 0.29) is 12.0 Å². The highest BCUT2D eigenvalue weighted by atomic mass is 32.1. The Hall–Kier alpha value is -0.910. The fraction of sp³-hybridized carbons (Fsp3) is 0.615. The molecule has 0 unspecified atom stereocenters. The fourth-order valence-electron chi connectivity index (χ4n) is 2.25. The predicted octanol–water partition coefficient (Wildman–Crippen LogP) is 1.43. The highest BCUT2D eigenvalue weighted by molar-refractivity contribution is 7.09. The average molecular weight is 268 g/mol. The lowest BCUT2D eigenvalue weighted by Gasteiger charge is -2.36. The van der Waals surface area contributed by atoms with Gasteiger partial charge in [-0.05, 0) is 18.4 Å². The second-order valence-corrected chi connectivity index (χ2v) is 5.62. The van der Waals surface area contributed by atoms with Crippen LogP contribution in [0.5, 0.6) is 0 Å². The Balaban J connectivity index is 1.79. The number of hydrogen-bond donors (Lipinski definition) is 0. The van der Waals surface area contributed by atoms with E-state index in [0.717, 1.165) is 32.7 Å². The van der Waals surface area contributed by atoms with Gasteiger partial charge in [0, 0.05) is 37.6 Å². The van der Waals surface area contributed by atoms with E-state index in [2.05, 4.69) is 27.3 Å². The molecule has 2 rings (SSSR count). The number of esters is 1. The molecular weight excluding hydrogens is 248 g/mol. The van der Waals surface area contributed by atoms with Crippen LogP contribution in [0.2, 0.25) is 0 Å². The Morgan fingerprint density at radius 3 is 2.72 bits per heavy atom. The lowest BCUT2D eigenvalue weighted by atomic mass is 10.2. The molecule has 2 heterocycles. The smallest absolute Gasteiger partial charge is 0.322 e. The summed E-state index contributed by atoms with van der Waals surface area (Å²) in [5, 5.41) is 2.12. The summed E-state index contributed by atoms with van der Waals surface area (Å²) in [4.78, 5) is 17.5. The number of piperazine rings is 1. The normalized spacial score (nSPS) is 19.7. The zero-order valence-corrected chi connectivity index (χ0v) is 11.8. The number of methoxy groups -OCH3 is 1. The quantitative estimate of drug-likeness (QED) is 0.773. The molecule has 4 nitrogen and oxygen atoms in total. The van der Waals surface area contributed by atoms with Gasteiger partial charge in [0.1, 0.15) is 6.04 Å². The predicted molar refractivity (Wildman–Crippen MR) is 72.6 cm³/mol. The van der Waals surface area contributed by atoms with Crippen LogP contribution < -0.4 is 0 Å². The van der Waals surface area contributed by atoms with E-state index in [9.17, 15) is 4.79 Å². The lowest BCUT2D eigenvalue weighted by molar-refractivity contribution is -0.147. The van der Waals surface area contributed by atoms with Crippen LogP contribution in [-0.2, 0) is 16.1 Å². The molecule has 0 bridgehead atoms. The first-order chi connectivity index (χ1) is 8.70. The molecule has 5 heteroatoms.